The van der Waals surface area contributed by atoms with Gasteiger partial charge in [0, 0.05) is 0 Å². The number of hydrogen-bond donors (Lipinski definition) is 1. The zero-order chi connectivity index (χ0) is 18.1. The Morgan fingerprint density at radius 1 is 1.20 bits per heavy atom. The lowest BCUT2D eigenvalue weighted by Crippen LogP contribution is -1.97. The lowest BCUT2D eigenvalue weighted by atomic mass is 10.0. The maximum atomic E-state index is 13.7. The van der Waals surface area contributed by atoms with E-state index < -0.39 is 17.1 Å². The molecule has 2 aromatic carbocycles. The van der Waals surface area contributed by atoms with E-state index in [0.717, 1.165) is 27.2 Å². The Labute approximate surface area is 148 Å². The number of carboxylic acids is 1. The molecule has 1 aliphatic carbocycles. The van der Waals surface area contributed by atoms with Crippen LogP contribution in [0.5, 0.6) is 0 Å². The first-order valence-corrected chi connectivity index (χ1v) is 9.30. The lowest BCUT2D eigenvalue weighted by molar-refractivity contribution is -0.135. The molecule has 128 valence electrons. The van der Waals surface area contributed by atoms with Gasteiger partial charge in [0.15, 0.2) is 4.90 Å². The van der Waals surface area contributed by atoms with E-state index in [9.17, 15) is 13.7 Å². The van der Waals surface area contributed by atoms with Gasteiger partial charge in [-0.05, 0) is 94.0 Å². The van der Waals surface area contributed by atoms with E-state index in [2.05, 4.69) is 0 Å². The van der Waals surface area contributed by atoms with Crippen LogP contribution in [-0.4, -0.2) is 21.9 Å². The van der Waals surface area contributed by atoms with E-state index in [0.29, 0.717) is 11.1 Å². The summed E-state index contributed by atoms with van der Waals surface area (Å²) in [7, 11) is 0. The predicted molar refractivity (Wildman–Crippen MR) is 97.9 cm³/mol. The zero-order valence-electron chi connectivity index (χ0n) is 13.9. The Morgan fingerprint density at radius 2 is 1.88 bits per heavy atom. The third-order valence-electron chi connectivity index (χ3n) is 4.30. The van der Waals surface area contributed by atoms with Crippen molar-refractivity contribution in [2.24, 2.45) is 0 Å². The van der Waals surface area contributed by atoms with E-state index in [1.165, 1.54) is 12.1 Å². The van der Waals surface area contributed by atoms with Crippen LogP contribution in [0.3, 0.4) is 0 Å². The number of carboxylic acid groups (broad SMARTS) is 1. The van der Waals surface area contributed by atoms with E-state index in [1.807, 2.05) is 25.1 Å². The SMILES string of the molecule is CC1=C(CC(=O)O)c2cc(F)ccc2/C1=C\c1ccc([S@@+](C)[O-])cc1. The third kappa shape index (κ3) is 3.52. The number of benzene rings is 2. The molecule has 3 rings (SSSR count). The molecule has 0 spiro atoms. The van der Waals surface area contributed by atoms with Crippen molar-refractivity contribution in [3.63, 3.8) is 0 Å². The number of allylic oxidation sites excluding steroid dienone is 2. The van der Waals surface area contributed by atoms with Crippen LogP contribution < -0.4 is 0 Å². The Bertz CT molecular complexity index is 896. The van der Waals surface area contributed by atoms with Gasteiger partial charge in [0.25, 0.3) is 0 Å². The largest absolute Gasteiger partial charge is 0.612 e. The van der Waals surface area contributed by atoms with E-state index in [1.54, 1.807) is 24.5 Å². The van der Waals surface area contributed by atoms with Crippen LogP contribution >= 0.6 is 0 Å². The molecular formula is C20H17FO3S. The fourth-order valence-electron chi connectivity index (χ4n) is 3.05. The number of halogens is 1. The fraction of sp³-hybridized carbons (Fsp3) is 0.150. The van der Waals surface area contributed by atoms with Crippen molar-refractivity contribution < 1.29 is 18.8 Å². The van der Waals surface area contributed by atoms with Gasteiger partial charge in [-0.15, -0.1) is 0 Å². The van der Waals surface area contributed by atoms with Crippen molar-refractivity contribution in [1.29, 1.82) is 0 Å². The van der Waals surface area contributed by atoms with Crippen LogP contribution in [0, 0.1) is 5.82 Å². The quantitative estimate of drug-likeness (QED) is 0.828. The molecule has 0 fully saturated rings. The molecule has 0 aliphatic heterocycles. The van der Waals surface area contributed by atoms with Crippen LogP contribution in [-0.2, 0) is 16.0 Å². The molecule has 0 saturated heterocycles. The first-order chi connectivity index (χ1) is 11.9. The average molecular weight is 356 g/mol. The summed E-state index contributed by atoms with van der Waals surface area (Å²) in [5, 5.41) is 9.17. The smallest absolute Gasteiger partial charge is 0.307 e. The minimum atomic E-state index is -1.04. The molecule has 0 bridgehead atoms. The lowest BCUT2D eigenvalue weighted by Gasteiger charge is -2.06. The van der Waals surface area contributed by atoms with Gasteiger partial charge >= 0.3 is 5.97 Å². The standard InChI is InChI=1S/C20H17FO3S/c1-12-17(9-13-3-6-15(7-4-13)25(2)24)16-8-5-14(21)10-19(16)18(12)11-20(22)23/h3-10H,11H2,1-2H3,(H,22,23)/b17-9-/t25-/m1/s1. The second kappa shape index (κ2) is 6.86. The zero-order valence-corrected chi connectivity index (χ0v) is 14.7. The number of aliphatic carboxylic acids is 1. The van der Waals surface area contributed by atoms with Crippen molar-refractivity contribution >= 4 is 34.4 Å². The summed E-state index contributed by atoms with van der Waals surface area (Å²) in [6.45, 7) is 1.86. The first-order valence-electron chi connectivity index (χ1n) is 7.74. The van der Waals surface area contributed by atoms with Crippen molar-refractivity contribution in [3.8, 4) is 0 Å². The normalized spacial score (nSPS) is 16.2. The number of carbonyl (C=O) groups is 1. The van der Waals surface area contributed by atoms with E-state index in [-0.39, 0.29) is 12.2 Å². The number of rotatable bonds is 4. The molecule has 0 aromatic heterocycles. The van der Waals surface area contributed by atoms with Crippen molar-refractivity contribution in [3.05, 3.63) is 70.5 Å². The number of hydrogen-bond acceptors (Lipinski definition) is 2. The molecule has 1 N–H and O–H groups in total. The van der Waals surface area contributed by atoms with Crippen LogP contribution in [0.1, 0.15) is 30.0 Å². The molecule has 0 amide bonds. The third-order valence-corrected chi connectivity index (χ3v) is 5.24. The molecule has 3 nitrogen and oxygen atoms in total. The first kappa shape index (κ1) is 17.5. The van der Waals surface area contributed by atoms with Crippen LogP contribution in [0.25, 0.3) is 17.2 Å². The summed E-state index contributed by atoms with van der Waals surface area (Å²) in [6.07, 6.45) is 3.43. The summed E-state index contributed by atoms with van der Waals surface area (Å²) in [4.78, 5) is 11.9. The summed E-state index contributed by atoms with van der Waals surface area (Å²) < 4.78 is 25.1. The summed E-state index contributed by atoms with van der Waals surface area (Å²) in [5.41, 5.74) is 4.74. The minimum absolute atomic E-state index is 0.145. The van der Waals surface area contributed by atoms with Gasteiger partial charge in [0.2, 0.25) is 0 Å². The van der Waals surface area contributed by atoms with E-state index >= 15 is 0 Å². The highest BCUT2D eigenvalue weighted by Crippen LogP contribution is 2.43. The van der Waals surface area contributed by atoms with Crippen LogP contribution in [0.2, 0.25) is 0 Å². The van der Waals surface area contributed by atoms with Gasteiger partial charge in [0.05, 0.1) is 6.42 Å². The van der Waals surface area contributed by atoms with Gasteiger partial charge in [-0.25, -0.2) is 4.39 Å². The highest BCUT2D eigenvalue weighted by atomic mass is 32.2. The van der Waals surface area contributed by atoms with Gasteiger partial charge in [0.1, 0.15) is 12.1 Å². The number of fused-ring (bicyclic) bond motifs is 1. The van der Waals surface area contributed by atoms with Crippen molar-refractivity contribution in [1.82, 2.24) is 0 Å². The van der Waals surface area contributed by atoms with Crippen molar-refractivity contribution in [2.45, 2.75) is 18.2 Å². The molecule has 0 heterocycles. The molecule has 0 radical (unpaired) electrons. The molecule has 0 unspecified atom stereocenters. The van der Waals surface area contributed by atoms with Gasteiger partial charge in [-0.1, -0.05) is 6.07 Å². The van der Waals surface area contributed by atoms with Crippen LogP contribution in [0.15, 0.2) is 52.9 Å². The Balaban J connectivity index is 2.09. The Kier molecular flexibility index (Phi) is 4.79. The monoisotopic (exact) mass is 356 g/mol. The molecule has 5 heteroatoms. The van der Waals surface area contributed by atoms with Gasteiger partial charge < -0.3 is 9.66 Å². The van der Waals surface area contributed by atoms with Crippen LogP contribution in [0.4, 0.5) is 4.39 Å². The summed E-state index contributed by atoms with van der Waals surface area (Å²) in [6, 6.07) is 11.8. The molecule has 0 saturated carbocycles. The fourth-order valence-corrected chi connectivity index (χ4v) is 3.57. The Morgan fingerprint density at radius 3 is 2.48 bits per heavy atom. The maximum absolute atomic E-state index is 13.7. The maximum Gasteiger partial charge on any atom is 0.307 e. The average Bonchev–Trinajstić information content (AvgIpc) is 2.80. The highest BCUT2D eigenvalue weighted by molar-refractivity contribution is 7.90. The molecular weight excluding hydrogens is 339 g/mol. The minimum Gasteiger partial charge on any atom is -0.612 e. The highest BCUT2D eigenvalue weighted by Gasteiger charge is 2.25. The van der Waals surface area contributed by atoms with Crippen molar-refractivity contribution in [2.75, 3.05) is 6.26 Å². The second-order valence-corrected chi connectivity index (χ2v) is 7.32. The van der Waals surface area contributed by atoms with Gasteiger partial charge in [-0.2, -0.15) is 0 Å². The van der Waals surface area contributed by atoms with E-state index in [4.69, 9.17) is 5.11 Å². The molecule has 2 aromatic rings. The Hall–Kier alpha value is -2.37. The predicted octanol–water partition coefficient (Wildman–Crippen LogP) is 4.37. The molecule has 1 atom stereocenters. The second-order valence-electron chi connectivity index (χ2n) is 5.95. The summed E-state index contributed by atoms with van der Waals surface area (Å²) in [5.74, 6) is -1.33. The molecule has 1 aliphatic rings. The molecule has 25 heavy (non-hydrogen) atoms. The topological polar surface area (TPSA) is 60.4 Å². The summed E-state index contributed by atoms with van der Waals surface area (Å²) >= 11 is -1.04. The van der Waals surface area contributed by atoms with Gasteiger partial charge in [-0.3, -0.25) is 4.79 Å².